The van der Waals surface area contributed by atoms with Gasteiger partial charge in [0, 0.05) is 18.1 Å². The molecule has 6 heteroatoms. The molecule has 0 aliphatic rings. The average molecular weight is 289 g/mol. The Bertz CT molecular complexity index is 656. The number of aromatic carboxylic acids is 1. The van der Waals surface area contributed by atoms with Crippen molar-refractivity contribution in [1.82, 2.24) is 15.0 Å². The van der Waals surface area contributed by atoms with Crippen LogP contribution in [0.5, 0.6) is 0 Å². The van der Waals surface area contributed by atoms with Crippen molar-refractivity contribution in [3.8, 4) is 5.69 Å². The van der Waals surface area contributed by atoms with Crippen molar-refractivity contribution >= 4 is 5.97 Å². The van der Waals surface area contributed by atoms with Crippen molar-refractivity contribution < 1.29 is 14.6 Å². The molecule has 21 heavy (non-hydrogen) atoms. The molecule has 0 amide bonds. The average Bonchev–Trinajstić information content (AvgIpc) is 2.84. The highest BCUT2D eigenvalue weighted by Crippen LogP contribution is 2.28. The molecule has 112 valence electrons. The van der Waals surface area contributed by atoms with Gasteiger partial charge in [-0.2, -0.15) is 0 Å². The first-order chi connectivity index (χ1) is 9.86. The van der Waals surface area contributed by atoms with E-state index >= 15 is 0 Å². The molecule has 6 nitrogen and oxygen atoms in total. The smallest absolute Gasteiger partial charge is 0.358 e. The van der Waals surface area contributed by atoms with Crippen LogP contribution in [0.3, 0.4) is 0 Å². The van der Waals surface area contributed by atoms with Gasteiger partial charge in [0.05, 0.1) is 18.0 Å². The molecule has 1 aromatic heterocycles. The molecule has 2 rings (SSSR count). The van der Waals surface area contributed by atoms with Crippen LogP contribution in [0.1, 0.15) is 42.5 Å². The van der Waals surface area contributed by atoms with Crippen LogP contribution >= 0.6 is 0 Å². The van der Waals surface area contributed by atoms with E-state index in [9.17, 15) is 9.90 Å². The van der Waals surface area contributed by atoms with E-state index in [1.54, 1.807) is 11.8 Å². The number of carboxylic acid groups (broad SMARTS) is 1. The number of benzene rings is 1. The molecule has 1 N–H and O–H groups in total. The van der Waals surface area contributed by atoms with Crippen LogP contribution in [0.4, 0.5) is 0 Å². The molecule has 2 aromatic rings. The highest BCUT2D eigenvalue weighted by atomic mass is 16.5. The predicted octanol–water partition coefficient (Wildman–Crippen LogP) is 2.41. The first kappa shape index (κ1) is 15.2. The summed E-state index contributed by atoms with van der Waals surface area (Å²) in [5.74, 6) is -1.07. The number of hydrogen-bond acceptors (Lipinski definition) is 4. The van der Waals surface area contributed by atoms with Gasteiger partial charge in [-0.15, -0.1) is 5.10 Å². The third-order valence-electron chi connectivity index (χ3n) is 3.10. The van der Waals surface area contributed by atoms with E-state index in [0.29, 0.717) is 12.3 Å². The molecular weight excluding hydrogens is 270 g/mol. The molecule has 0 spiro atoms. The largest absolute Gasteiger partial charge is 0.476 e. The summed E-state index contributed by atoms with van der Waals surface area (Å²) in [5.41, 5.74) is 1.85. The molecule has 0 saturated carbocycles. The zero-order valence-electron chi connectivity index (χ0n) is 12.6. The van der Waals surface area contributed by atoms with Crippen molar-refractivity contribution in [2.24, 2.45) is 0 Å². The summed E-state index contributed by atoms with van der Waals surface area (Å²) in [7, 11) is 1.62. The van der Waals surface area contributed by atoms with Crippen LogP contribution in [-0.4, -0.2) is 33.2 Å². The number of ether oxygens (including phenoxy) is 1. The van der Waals surface area contributed by atoms with Crippen molar-refractivity contribution in [1.29, 1.82) is 0 Å². The first-order valence-electron chi connectivity index (χ1n) is 6.63. The second kappa shape index (κ2) is 5.65. The molecule has 0 saturated heterocycles. The van der Waals surface area contributed by atoms with E-state index in [0.717, 1.165) is 11.3 Å². The third-order valence-corrected chi connectivity index (χ3v) is 3.10. The Morgan fingerprint density at radius 3 is 2.57 bits per heavy atom. The second-order valence-corrected chi connectivity index (χ2v) is 5.82. The lowest BCUT2D eigenvalue weighted by Crippen LogP contribution is -2.21. The van der Waals surface area contributed by atoms with E-state index in [1.165, 1.54) is 0 Å². The lowest BCUT2D eigenvalue weighted by Gasteiger charge is -2.21. The molecule has 0 bridgehead atoms. The molecule has 0 aliphatic carbocycles. The van der Waals surface area contributed by atoms with Gasteiger partial charge in [-0.05, 0) is 6.07 Å². The molecule has 0 fully saturated rings. The summed E-state index contributed by atoms with van der Waals surface area (Å²) >= 11 is 0. The van der Waals surface area contributed by atoms with E-state index in [4.69, 9.17) is 4.74 Å². The van der Waals surface area contributed by atoms with Crippen molar-refractivity contribution in [3.05, 3.63) is 41.2 Å². The number of para-hydroxylation sites is 1. The van der Waals surface area contributed by atoms with Crippen LogP contribution in [0.25, 0.3) is 5.69 Å². The Morgan fingerprint density at radius 2 is 2.00 bits per heavy atom. The Morgan fingerprint density at radius 1 is 1.33 bits per heavy atom. The van der Waals surface area contributed by atoms with Gasteiger partial charge in [-0.1, -0.05) is 44.2 Å². The summed E-state index contributed by atoms with van der Waals surface area (Å²) < 4.78 is 6.79. The third kappa shape index (κ3) is 2.95. The van der Waals surface area contributed by atoms with Gasteiger partial charge < -0.3 is 9.84 Å². The summed E-state index contributed by atoms with van der Waals surface area (Å²) in [6, 6.07) is 7.59. The topological polar surface area (TPSA) is 77.2 Å². The van der Waals surface area contributed by atoms with Gasteiger partial charge in [0.25, 0.3) is 0 Å². The fourth-order valence-corrected chi connectivity index (χ4v) is 2.26. The number of aromatic nitrogens is 3. The highest BCUT2D eigenvalue weighted by molar-refractivity contribution is 5.87. The second-order valence-electron chi connectivity index (χ2n) is 5.82. The Kier molecular flexibility index (Phi) is 4.09. The molecule has 0 unspecified atom stereocenters. The summed E-state index contributed by atoms with van der Waals surface area (Å²) in [6.45, 7) is 6.23. The lowest BCUT2D eigenvalue weighted by atomic mass is 9.90. The minimum Gasteiger partial charge on any atom is -0.476 e. The number of nitrogens with zero attached hydrogens (tertiary/aromatic N) is 3. The minimum absolute atomic E-state index is 0.0188. The van der Waals surface area contributed by atoms with Gasteiger partial charge in [-0.25, -0.2) is 9.48 Å². The fraction of sp³-hybridized carbons (Fsp3) is 0.400. The highest BCUT2D eigenvalue weighted by Gasteiger charge is 2.30. The molecule has 1 aromatic carbocycles. The van der Waals surface area contributed by atoms with Crippen molar-refractivity contribution in [2.75, 3.05) is 7.11 Å². The van der Waals surface area contributed by atoms with E-state index < -0.39 is 11.4 Å². The van der Waals surface area contributed by atoms with Gasteiger partial charge in [0.2, 0.25) is 0 Å². The number of hydrogen-bond donors (Lipinski definition) is 1. The lowest BCUT2D eigenvalue weighted by molar-refractivity contribution is 0.0687. The number of carboxylic acids is 1. The maximum atomic E-state index is 11.4. The van der Waals surface area contributed by atoms with E-state index in [1.807, 2.05) is 45.0 Å². The summed E-state index contributed by atoms with van der Waals surface area (Å²) in [6.07, 6.45) is 0. The van der Waals surface area contributed by atoms with Crippen LogP contribution < -0.4 is 0 Å². The fourth-order valence-electron chi connectivity index (χ4n) is 2.26. The van der Waals surface area contributed by atoms with Crippen LogP contribution in [-0.2, 0) is 16.8 Å². The monoisotopic (exact) mass is 289 g/mol. The Labute approximate surface area is 123 Å². The quantitative estimate of drug-likeness (QED) is 0.935. The molecule has 0 radical (unpaired) electrons. The molecular formula is C15H19N3O3. The first-order valence-corrected chi connectivity index (χ1v) is 6.63. The predicted molar refractivity (Wildman–Crippen MR) is 77.7 cm³/mol. The summed E-state index contributed by atoms with van der Waals surface area (Å²) in [5, 5.41) is 17.2. The van der Waals surface area contributed by atoms with E-state index in [-0.39, 0.29) is 5.69 Å². The SMILES string of the molecule is COCc1ccccc1-n1nnc(C(=O)O)c1C(C)(C)C. The molecule has 0 aliphatic heterocycles. The van der Waals surface area contributed by atoms with Gasteiger partial charge in [0.1, 0.15) is 0 Å². The Balaban J connectivity index is 2.68. The van der Waals surface area contributed by atoms with Crippen molar-refractivity contribution in [3.63, 3.8) is 0 Å². The molecule has 1 heterocycles. The van der Waals surface area contributed by atoms with Crippen LogP contribution in [0.2, 0.25) is 0 Å². The number of methoxy groups -OCH3 is 1. The number of rotatable bonds is 4. The standard InChI is InChI=1S/C15H19N3O3/c1-15(2,3)13-12(14(19)20)16-17-18(13)11-8-6-5-7-10(11)9-21-4/h5-8H,9H2,1-4H3,(H,19,20). The van der Waals surface area contributed by atoms with Crippen LogP contribution in [0.15, 0.2) is 24.3 Å². The minimum atomic E-state index is -1.07. The maximum absolute atomic E-state index is 11.4. The van der Waals surface area contributed by atoms with Crippen molar-refractivity contribution in [2.45, 2.75) is 32.8 Å². The zero-order valence-corrected chi connectivity index (χ0v) is 12.6. The summed E-state index contributed by atoms with van der Waals surface area (Å²) in [4.78, 5) is 11.4. The maximum Gasteiger partial charge on any atom is 0.358 e. The van der Waals surface area contributed by atoms with Gasteiger partial charge >= 0.3 is 5.97 Å². The zero-order chi connectivity index (χ0) is 15.6. The molecule has 0 atom stereocenters. The Hall–Kier alpha value is -2.21. The van der Waals surface area contributed by atoms with Gasteiger partial charge in [0.15, 0.2) is 5.69 Å². The number of carbonyl (C=O) groups is 1. The van der Waals surface area contributed by atoms with E-state index in [2.05, 4.69) is 10.3 Å². The van der Waals surface area contributed by atoms with Gasteiger partial charge in [-0.3, -0.25) is 0 Å². The van der Waals surface area contributed by atoms with Crippen LogP contribution in [0, 0.1) is 0 Å². The normalized spacial score (nSPS) is 11.6.